The zero-order valence-electron chi connectivity index (χ0n) is 15.0. The Bertz CT molecular complexity index is 792. The van der Waals surface area contributed by atoms with E-state index < -0.39 is 23.9 Å². The summed E-state index contributed by atoms with van der Waals surface area (Å²) < 4.78 is 15.2. The van der Waals surface area contributed by atoms with Gasteiger partial charge in [0, 0.05) is 0 Å². The molecular weight excluding hydrogens is 360 g/mol. The smallest absolute Gasteiger partial charge is 0.340 e. The number of nitrogens with one attached hydrogen (secondary N) is 1. The van der Waals surface area contributed by atoms with Crippen LogP contribution < -0.4 is 5.32 Å². The molecule has 0 spiro atoms. The maximum Gasteiger partial charge on any atom is 0.340 e. The molecule has 0 atom stereocenters. The van der Waals surface area contributed by atoms with E-state index in [4.69, 9.17) is 13.9 Å². The zero-order chi connectivity index (χ0) is 19.3. The van der Waals surface area contributed by atoms with Gasteiger partial charge in [-0.3, -0.25) is 4.79 Å². The summed E-state index contributed by atoms with van der Waals surface area (Å²) in [5.74, 6) is -1.09. The maximum absolute atomic E-state index is 12.6. The maximum atomic E-state index is 12.6. The molecule has 140 valence electrons. The summed E-state index contributed by atoms with van der Waals surface area (Å²) >= 11 is 1.11. The number of carbonyl (C=O) groups is 3. The fourth-order valence-electron chi connectivity index (χ4n) is 2.12. The molecule has 1 N–H and O–H groups in total. The molecule has 9 heteroatoms. The van der Waals surface area contributed by atoms with E-state index in [-0.39, 0.29) is 18.1 Å². The van der Waals surface area contributed by atoms with Gasteiger partial charge >= 0.3 is 11.9 Å². The number of aryl methyl sites for hydroxylation is 2. The van der Waals surface area contributed by atoms with Gasteiger partial charge in [-0.1, -0.05) is 0 Å². The highest BCUT2D eigenvalue weighted by Gasteiger charge is 2.32. The highest BCUT2D eigenvalue weighted by molar-refractivity contribution is 7.17. The third-order valence-electron chi connectivity index (χ3n) is 3.27. The molecule has 8 nitrogen and oxygen atoms in total. The molecule has 0 aliphatic carbocycles. The highest BCUT2D eigenvalue weighted by atomic mass is 32.1. The predicted molar refractivity (Wildman–Crippen MR) is 93.8 cm³/mol. The first-order chi connectivity index (χ1) is 12.4. The third kappa shape index (κ3) is 4.48. The molecule has 0 aromatic carbocycles. The predicted octanol–water partition coefficient (Wildman–Crippen LogP) is 2.24. The Morgan fingerprint density at radius 3 is 2.27 bits per heavy atom. The number of hydrogen-bond acceptors (Lipinski definition) is 8. The SMILES string of the molecule is CCOC(=O)C(NC(=O)c1sc(-c2ccc(C)o2)nc1C)C(=O)OCC. The second-order valence-corrected chi connectivity index (χ2v) is 6.25. The quantitative estimate of drug-likeness (QED) is 0.580. The van der Waals surface area contributed by atoms with Crippen molar-refractivity contribution in [2.75, 3.05) is 13.2 Å². The fourth-order valence-corrected chi connectivity index (χ4v) is 3.06. The number of ether oxygens (including phenoxy) is 2. The molecule has 0 aliphatic heterocycles. The van der Waals surface area contributed by atoms with Crippen LogP contribution in [0.15, 0.2) is 16.5 Å². The van der Waals surface area contributed by atoms with Crippen molar-refractivity contribution in [3.05, 3.63) is 28.5 Å². The van der Waals surface area contributed by atoms with Gasteiger partial charge in [0.1, 0.15) is 10.6 Å². The van der Waals surface area contributed by atoms with Crippen molar-refractivity contribution in [1.82, 2.24) is 10.3 Å². The lowest BCUT2D eigenvalue weighted by atomic mass is 10.2. The van der Waals surface area contributed by atoms with Crippen LogP contribution >= 0.6 is 11.3 Å². The van der Waals surface area contributed by atoms with Crippen molar-refractivity contribution in [3.63, 3.8) is 0 Å². The van der Waals surface area contributed by atoms with E-state index >= 15 is 0 Å². The van der Waals surface area contributed by atoms with Crippen LogP contribution in [0.5, 0.6) is 0 Å². The summed E-state index contributed by atoms with van der Waals surface area (Å²) in [6.45, 7) is 6.83. The van der Waals surface area contributed by atoms with Crippen LogP contribution in [0.1, 0.15) is 35.0 Å². The van der Waals surface area contributed by atoms with Gasteiger partial charge in [0.05, 0.1) is 18.9 Å². The van der Waals surface area contributed by atoms with Crippen LogP contribution in [0.25, 0.3) is 10.8 Å². The van der Waals surface area contributed by atoms with E-state index in [1.54, 1.807) is 39.8 Å². The fraction of sp³-hybridized carbons (Fsp3) is 0.412. The summed E-state index contributed by atoms with van der Waals surface area (Å²) in [6.07, 6.45) is 0. The van der Waals surface area contributed by atoms with Crippen LogP contribution in [0, 0.1) is 13.8 Å². The molecule has 0 radical (unpaired) electrons. The van der Waals surface area contributed by atoms with Crippen molar-refractivity contribution >= 4 is 29.2 Å². The van der Waals surface area contributed by atoms with Crippen LogP contribution in [-0.2, 0) is 19.1 Å². The van der Waals surface area contributed by atoms with Crippen LogP contribution in [-0.4, -0.2) is 42.1 Å². The van der Waals surface area contributed by atoms with Gasteiger partial charge < -0.3 is 19.2 Å². The number of esters is 2. The first-order valence-electron chi connectivity index (χ1n) is 8.05. The van der Waals surface area contributed by atoms with Gasteiger partial charge in [0.2, 0.25) is 6.04 Å². The second-order valence-electron chi connectivity index (χ2n) is 5.25. The van der Waals surface area contributed by atoms with E-state index in [0.717, 1.165) is 17.1 Å². The van der Waals surface area contributed by atoms with Gasteiger partial charge in [-0.15, -0.1) is 11.3 Å². The van der Waals surface area contributed by atoms with Crippen molar-refractivity contribution in [3.8, 4) is 10.8 Å². The standard InChI is InChI=1S/C17H20N2O6S/c1-5-23-16(21)12(17(22)24-6-2)19-14(20)13-10(4)18-15(26-13)11-8-7-9(3)25-11/h7-8,12H,5-6H2,1-4H3,(H,19,20). The monoisotopic (exact) mass is 380 g/mol. The highest BCUT2D eigenvalue weighted by Crippen LogP contribution is 2.29. The summed E-state index contributed by atoms with van der Waals surface area (Å²) in [5.41, 5.74) is 0.461. The van der Waals surface area contributed by atoms with Gasteiger partial charge in [-0.2, -0.15) is 0 Å². The molecule has 1 amide bonds. The van der Waals surface area contributed by atoms with Crippen LogP contribution in [0.2, 0.25) is 0 Å². The first kappa shape index (κ1) is 19.6. The summed E-state index contributed by atoms with van der Waals surface area (Å²) in [5, 5.41) is 2.90. The van der Waals surface area contributed by atoms with Crippen molar-refractivity contribution in [2.24, 2.45) is 0 Å². The van der Waals surface area contributed by atoms with E-state index in [0.29, 0.717) is 16.5 Å². The topological polar surface area (TPSA) is 108 Å². The number of hydrogen-bond donors (Lipinski definition) is 1. The first-order valence-corrected chi connectivity index (χ1v) is 8.87. The molecule has 0 saturated heterocycles. The Balaban J connectivity index is 2.22. The zero-order valence-corrected chi connectivity index (χ0v) is 15.8. The molecule has 26 heavy (non-hydrogen) atoms. The largest absolute Gasteiger partial charge is 0.464 e. The molecular formula is C17H20N2O6S. The minimum Gasteiger partial charge on any atom is -0.464 e. The number of aromatic nitrogens is 1. The molecule has 2 heterocycles. The van der Waals surface area contributed by atoms with Gasteiger partial charge in [-0.05, 0) is 39.8 Å². The average Bonchev–Trinajstić information content (AvgIpc) is 3.18. The number of amides is 1. The van der Waals surface area contributed by atoms with Crippen LogP contribution in [0.3, 0.4) is 0 Å². The summed E-state index contributed by atoms with van der Waals surface area (Å²) in [6, 6.07) is 2.02. The Morgan fingerprint density at radius 1 is 1.15 bits per heavy atom. The van der Waals surface area contributed by atoms with Gasteiger partial charge in [0.15, 0.2) is 10.8 Å². The molecule has 2 rings (SSSR count). The minimum absolute atomic E-state index is 0.0756. The lowest BCUT2D eigenvalue weighted by Gasteiger charge is -2.15. The Hall–Kier alpha value is -2.68. The lowest BCUT2D eigenvalue weighted by molar-refractivity contribution is -0.157. The third-order valence-corrected chi connectivity index (χ3v) is 4.44. The Labute approximate surface area is 154 Å². The molecule has 0 aliphatic rings. The molecule has 0 fully saturated rings. The summed E-state index contributed by atoms with van der Waals surface area (Å²) in [4.78, 5) is 41.1. The van der Waals surface area contributed by atoms with Crippen molar-refractivity contribution in [1.29, 1.82) is 0 Å². The van der Waals surface area contributed by atoms with Crippen LogP contribution in [0.4, 0.5) is 0 Å². The number of nitrogens with zero attached hydrogens (tertiary/aromatic N) is 1. The molecule has 0 bridgehead atoms. The molecule has 0 saturated carbocycles. The lowest BCUT2D eigenvalue weighted by Crippen LogP contribution is -2.48. The molecule has 2 aromatic rings. The number of thiazole rings is 1. The second kappa shape index (κ2) is 8.61. The molecule has 0 unspecified atom stereocenters. The summed E-state index contributed by atoms with van der Waals surface area (Å²) in [7, 11) is 0. The normalized spacial score (nSPS) is 10.7. The number of rotatable bonds is 7. The average molecular weight is 380 g/mol. The van der Waals surface area contributed by atoms with Crippen molar-refractivity contribution in [2.45, 2.75) is 33.7 Å². The number of carbonyl (C=O) groups excluding carboxylic acids is 3. The van der Waals surface area contributed by atoms with Gasteiger partial charge in [0.25, 0.3) is 5.91 Å². The van der Waals surface area contributed by atoms with E-state index in [9.17, 15) is 14.4 Å². The van der Waals surface area contributed by atoms with Gasteiger partial charge in [-0.25, -0.2) is 14.6 Å². The minimum atomic E-state index is -1.53. The van der Waals surface area contributed by atoms with E-state index in [1.807, 2.05) is 0 Å². The molecule has 2 aromatic heterocycles. The van der Waals surface area contributed by atoms with E-state index in [1.165, 1.54) is 0 Å². The van der Waals surface area contributed by atoms with E-state index in [2.05, 4.69) is 10.3 Å². The van der Waals surface area contributed by atoms with Crippen molar-refractivity contribution < 1.29 is 28.3 Å². The Morgan fingerprint density at radius 2 is 1.77 bits per heavy atom. The Kier molecular flexibility index (Phi) is 6.51. The number of furan rings is 1.